The van der Waals surface area contributed by atoms with Crippen LogP contribution in [0.15, 0.2) is 73.1 Å². The Morgan fingerprint density at radius 1 is 1.03 bits per heavy atom. The summed E-state index contributed by atoms with van der Waals surface area (Å²) in [7, 11) is 1.50. The van der Waals surface area contributed by atoms with Crippen molar-refractivity contribution in [2.45, 2.75) is 18.8 Å². The number of nitrogens with one attached hydrogen (secondary N) is 1. The molecule has 0 spiro atoms. The van der Waals surface area contributed by atoms with Crippen molar-refractivity contribution in [2.75, 3.05) is 12.4 Å². The lowest BCUT2D eigenvalue weighted by Gasteiger charge is -2.24. The van der Waals surface area contributed by atoms with Crippen LogP contribution in [0.4, 0.5) is 19.1 Å². The Bertz CT molecular complexity index is 1370. The SMILES string of the molecule is COc1cc([C@H]2C=C(c3ccncc3)Nc3nnnn32)ccc1OCc1cccc(C(F)(F)F)c1. The number of halogens is 3. The van der Waals surface area contributed by atoms with Gasteiger partial charge in [0, 0.05) is 23.7 Å². The first-order valence-electron chi connectivity index (χ1n) is 10.6. The predicted molar refractivity (Wildman–Crippen MR) is 121 cm³/mol. The molecule has 1 aliphatic rings. The fraction of sp³-hybridized carbons (Fsp3) is 0.167. The molecule has 8 nitrogen and oxygen atoms in total. The molecule has 0 saturated heterocycles. The fourth-order valence-corrected chi connectivity index (χ4v) is 3.78. The van der Waals surface area contributed by atoms with Crippen molar-refractivity contribution in [3.63, 3.8) is 0 Å². The molecule has 2 aromatic carbocycles. The first-order chi connectivity index (χ1) is 16.9. The topological polar surface area (TPSA) is 87.0 Å². The second kappa shape index (κ2) is 9.09. The van der Waals surface area contributed by atoms with Crippen LogP contribution in [0, 0.1) is 0 Å². The van der Waals surface area contributed by atoms with E-state index in [4.69, 9.17) is 9.47 Å². The largest absolute Gasteiger partial charge is 0.493 e. The molecule has 35 heavy (non-hydrogen) atoms. The molecular weight excluding hydrogens is 461 g/mol. The highest BCUT2D eigenvalue weighted by atomic mass is 19.4. The third-order valence-electron chi connectivity index (χ3n) is 5.50. The molecule has 2 aromatic heterocycles. The molecule has 3 heterocycles. The molecule has 0 radical (unpaired) electrons. The van der Waals surface area contributed by atoms with Gasteiger partial charge in [-0.25, -0.2) is 0 Å². The number of benzene rings is 2. The zero-order valence-corrected chi connectivity index (χ0v) is 18.4. The molecule has 1 atom stereocenters. The number of aromatic nitrogens is 5. The van der Waals surface area contributed by atoms with Gasteiger partial charge in [-0.15, -0.1) is 0 Å². The second-order valence-corrected chi connectivity index (χ2v) is 7.73. The average molecular weight is 480 g/mol. The number of ether oxygens (including phenoxy) is 2. The van der Waals surface area contributed by atoms with E-state index in [0.29, 0.717) is 23.0 Å². The van der Waals surface area contributed by atoms with Crippen LogP contribution >= 0.6 is 0 Å². The summed E-state index contributed by atoms with van der Waals surface area (Å²) in [6.45, 7) is -0.0454. The Labute approximate surface area is 198 Å². The zero-order valence-electron chi connectivity index (χ0n) is 18.4. The lowest BCUT2D eigenvalue weighted by Crippen LogP contribution is -2.20. The van der Waals surface area contributed by atoms with Crippen LogP contribution in [-0.2, 0) is 12.8 Å². The van der Waals surface area contributed by atoms with E-state index in [1.165, 1.54) is 13.2 Å². The number of hydrogen-bond donors (Lipinski definition) is 1. The maximum atomic E-state index is 13.0. The molecule has 178 valence electrons. The van der Waals surface area contributed by atoms with Crippen molar-refractivity contribution in [2.24, 2.45) is 0 Å². The molecule has 0 amide bonds. The lowest BCUT2D eigenvalue weighted by atomic mass is 10.0. The maximum Gasteiger partial charge on any atom is 0.416 e. The minimum absolute atomic E-state index is 0.0454. The van der Waals surface area contributed by atoms with Crippen LogP contribution in [0.5, 0.6) is 11.5 Å². The molecule has 1 N–H and O–H groups in total. The van der Waals surface area contributed by atoms with Gasteiger partial charge in [0.15, 0.2) is 11.5 Å². The third-order valence-corrected chi connectivity index (χ3v) is 5.50. The number of alkyl halides is 3. The van der Waals surface area contributed by atoms with Gasteiger partial charge in [0.2, 0.25) is 5.95 Å². The number of pyridine rings is 1. The van der Waals surface area contributed by atoms with Crippen LogP contribution < -0.4 is 14.8 Å². The van der Waals surface area contributed by atoms with Crippen molar-refractivity contribution in [1.82, 2.24) is 25.2 Å². The number of allylic oxidation sites excluding steroid dienone is 1. The molecule has 4 aromatic rings. The van der Waals surface area contributed by atoms with Crippen molar-refractivity contribution < 1.29 is 22.6 Å². The summed E-state index contributed by atoms with van der Waals surface area (Å²) in [6, 6.07) is 13.8. The van der Waals surface area contributed by atoms with Gasteiger partial charge in [-0.05, 0) is 64.0 Å². The van der Waals surface area contributed by atoms with Gasteiger partial charge in [0.25, 0.3) is 0 Å². The van der Waals surface area contributed by atoms with Crippen molar-refractivity contribution >= 4 is 11.6 Å². The molecular formula is C24H19F3N6O2. The van der Waals surface area contributed by atoms with Gasteiger partial charge >= 0.3 is 6.18 Å². The van der Waals surface area contributed by atoms with E-state index in [9.17, 15) is 13.2 Å². The summed E-state index contributed by atoms with van der Waals surface area (Å²) in [4.78, 5) is 4.05. The summed E-state index contributed by atoms with van der Waals surface area (Å²) in [5.74, 6) is 1.31. The molecule has 0 unspecified atom stereocenters. The Morgan fingerprint density at radius 3 is 2.63 bits per heavy atom. The number of tetrazole rings is 1. The Morgan fingerprint density at radius 2 is 1.86 bits per heavy atom. The molecule has 0 bridgehead atoms. The number of anilines is 1. The van der Waals surface area contributed by atoms with E-state index in [1.54, 1.807) is 35.3 Å². The van der Waals surface area contributed by atoms with E-state index < -0.39 is 11.7 Å². The van der Waals surface area contributed by atoms with Crippen LogP contribution in [-0.4, -0.2) is 32.3 Å². The number of fused-ring (bicyclic) bond motifs is 1. The van der Waals surface area contributed by atoms with Gasteiger partial charge in [-0.1, -0.05) is 23.3 Å². The first kappa shape index (κ1) is 22.4. The quantitative estimate of drug-likeness (QED) is 0.427. The summed E-state index contributed by atoms with van der Waals surface area (Å²) in [6.07, 6.45) is 0.965. The maximum absolute atomic E-state index is 13.0. The van der Waals surface area contributed by atoms with Gasteiger partial charge in [-0.3, -0.25) is 4.98 Å². The summed E-state index contributed by atoms with van der Waals surface area (Å²) in [5, 5.41) is 15.1. The number of rotatable bonds is 6. The van der Waals surface area contributed by atoms with Gasteiger partial charge in [-0.2, -0.15) is 17.9 Å². The summed E-state index contributed by atoms with van der Waals surface area (Å²) < 4.78 is 52.0. The van der Waals surface area contributed by atoms with E-state index in [2.05, 4.69) is 25.8 Å². The monoisotopic (exact) mass is 480 g/mol. The van der Waals surface area contributed by atoms with Crippen molar-refractivity contribution in [1.29, 1.82) is 0 Å². The highest BCUT2D eigenvalue weighted by Crippen LogP contribution is 2.36. The highest BCUT2D eigenvalue weighted by molar-refractivity contribution is 5.76. The number of hydrogen-bond acceptors (Lipinski definition) is 7. The minimum Gasteiger partial charge on any atom is -0.493 e. The molecule has 1 aliphatic heterocycles. The summed E-state index contributed by atoms with van der Waals surface area (Å²) in [5.41, 5.74) is 2.25. The molecule has 0 aliphatic carbocycles. The standard InChI is InChI=1S/C24H19F3N6O2/c1-34-22-12-17(5-6-21(22)35-14-15-3-2-4-18(11-15)24(25,26)27)20-13-19(16-7-9-28-10-8-16)29-23-30-31-32-33(20)23/h2-13,20H,14H2,1H3,(H,29,30,32)/t20-/m1/s1. The van der Waals surface area contributed by atoms with Crippen LogP contribution in [0.1, 0.15) is 28.3 Å². The Kier molecular flexibility index (Phi) is 5.81. The molecule has 11 heteroatoms. The second-order valence-electron chi connectivity index (χ2n) is 7.73. The average Bonchev–Trinajstić information content (AvgIpc) is 3.36. The van der Waals surface area contributed by atoms with Crippen molar-refractivity contribution in [3.8, 4) is 11.5 Å². The highest BCUT2D eigenvalue weighted by Gasteiger charge is 2.30. The van der Waals surface area contributed by atoms with Crippen LogP contribution in [0.25, 0.3) is 5.70 Å². The fourth-order valence-electron chi connectivity index (χ4n) is 3.78. The predicted octanol–water partition coefficient (Wildman–Crippen LogP) is 4.73. The molecule has 0 saturated carbocycles. The van der Waals surface area contributed by atoms with Crippen molar-refractivity contribution in [3.05, 3.63) is 95.3 Å². The third kappa shape index (κ3) is 4.65. The lowest BCUT2D eigenvalue weighted by molar-refractivity contribution is -0.137. The van der Waals surface area contributed by atoms with Gasteiger partial charge in [0.1, 0.15) is 12.6 Å². The summed E-state index contributed by atoms with van der Waals surface area (Å²) >= 11 is 0. The van der Waals surface area contributed by atoms with Gasteiger partial charge in [0.05, 0.1) is 12.7 Å². The van der Waals surface area contributed by atoms with Crippen LogP contribution in [0.3, 0.4) is 0 Å². The Hall–Kier alpha value is -4.41. The molecule has 5 rings (SSSR count). The normalized spacial score (nSPS) is 15.1. The molecule has 0 fully saturated rings. The first-order valence-corrected chi connectivity index (χ1v) is 10.6. The van der Waals surface area contributed by atoms with Crippen LogP contribution in [0.2, 0.25) is 0 Å². The van der Waals surface area contributed by atoms with E-state index >= 15 is 0 Å². The zero-order chi connectivity index (χ0) is 24.4. The van der Waals surface area contributed by atoms with Gasteiger partial charge < -0.3 is 14.8 Å². The van der Waals surface area contributed by atoms with E-state index in [0.717, 1.165) is 29.0 Å². The van der Waals surface area contributed by atoms with E-state index in [1.807, 2.05) is 24.3 Å². The minimum atomic E-state index is -4.41. The Balaban J connectivity index is 1.42. The number of nitrogens with zero attached hydrogens (tertiary/aromatic N) is 5. The number of methoxy groups -OCH3 is 1. The van der Waals surface area contributed by atoms with E-state index in [-0.39, 0.29) is 12.6 Å². The smallest absolute Gasteiger partial charge is 0.416 e.